The summed E-state index contributed by atoms with van der Waals surface area (Å²) in [7, 11) is 1.59. The standard InChI is InChI=1S/C46H56ClFN8O7/c1-61-39-28-36-33(44(51-30-50-36)52-32-12-13-35(48)34(47)26-32)27-40(39)63-25-9-18-54-20-22-55(23-21-54)19-16-41(57)49-17-6-4-2-3-5-7-24-62-38-11-8-10-31-29-56(46(60)43(31)38)37-14-15-42(58)53-45(37)59/h8,10-13,26-28,30,37H,2-7,9,14-25,29H2,1H3,(H,49,57)(H,50,51,52)(H,53,58,59). The van der Waals surface area contributed by atoms with Gasteiger partial charge < -0.3 is 39.5 Å². The predicted molar refractivity (Wildman–Crippen MR) is 237 cm³/mol. The molecular formula is C46H56ClFN8O7. The zero-order valence-electron chi connectivity index (χ0n) is 35.8. The number of amides is 4. The molecule has 0 bridgehead atoms. The van der Waals surface area contributed by atoms with E-state index in [1.54, 1.807) is 24.1 Å². The molecule has 336 valence electrons. The fourth-order valence-electron chi connectivity index (χ4n) is 8.25. The van der Waals surface area contributed by atoms with Gasteiger partial charge in [0, 0.05) is 82.3 Å². The molecular weight excluding hydrogens is 831 g/mol. The minimum Gasteiger partial charge on any atom is -0.493 e. The Morgan fingerprint density at radius 1 is 0.873 bits per heavy atom. The van der Waals surface area contributed by atoms with Crippen molar-refractivity contribution in [2.24, 2.45) is 0 Å². The number of anilines is 2. The van der Waals surface area contributed by atoms with Crippen molar-refractivity contribution in [2.75, 3.05) is 71.5 Å². The van der Waals surface area contributed by atoms with Gasteiger partial charge in [0.05, 0.1) is 36.4 Å². The van der Waals surface area contributed by atoms with Crippen LogP contribution in [0.5, 0.6) is 17.2 Å². The van der Waals surface area contributed by atoms with Crippen molar-refractivity contribution in [1.82, 2.24) is 35.3 Å². The zero-order valence-corrected chi connectivity index (χ0v) is 36.5. The lowest BCUT2D eigenvalue weighted by Gasteiger charge is -2.34. The molecule has 2 fully saturated rings. The molecule has 1 atom stereocenters. The smallest absolute Gasteiger partial charge is 0.258 e. The van der Waals surface area contributed by atoms with Crippen LogP contribution in [0.4, 0.5) is 15.9 Å². The lowest BCUT2D eigenvalue weighted by Crippen LogP contribution is -2.52. The van der Waals surface area contributed by atoms with Gasteiger partial charge in [-0.05, 0) is 61.6 Å². The number of methoxy groups -OCH3 is 1. The van der Waals surface area contributed by atoms with Gasteiger partial charge in [0.1, 0.15) is 29.8 Å². The molecule has 4 heterocycles. The molecule has 0 radical (unpaired) electrons. The normalized spacial score (nSPS) is 16.8. The van der Waals surface area contributed by atoms with E-state index in [0.29, 0.717) is 79.0 Å². The summed E-state index contributed by atoms with van der Waals surface area (Å²) in [6.45, 7) is 7.37. The van der Waals surface area contributed by atoms with Gasteiger partial charge in [-0.15, -0.1) is 0 Å². The van der Waals surface area contributed by atoms with E-state index in [2.05, 4.69) is 35.7 Å². The van der Waals surface area contributed by atoms with E-state index in [1.165, 1.54) is 18.5 Å². The molecule has 3 aliphatic rings. The zero-order chi connectivity index (χ0) is 44.1. The van der Waals surface area contributed by atoms with Gasteiger partial charge in [0.15, 0.2) is 11.5 Å². The van der Waals surface area contributed by atoms with Gasteiger partial charge >= 0.3 is 0 Å². The summed E-state index contributed by atoms with van der Waals surface area (Å²) in [4.78, 5) is 64.8. The van der Waals surface area contributed by atoms with E-state index in [1.807, 2.05) is 24.3 Å². The molecule has 3 N–H and O–H groups in total. The molecule has 3 aliphatic heterocycles. The second-order valence-corrected chi connectivity index (χ2v) is 16.5. The summed E-state index contributed by atoms with van der Waals surface area (Å²) in [5.74, 6) is 0.882. The van der Waals surface area contributed by atoms with E-state index in [4.69, 9.17) is 25.8 Å². The van der Waals surface area contributed by atoms with Crippen molar-refractivity contribution >= 4 is 57.6 Å². The van der Waals surface area contributed by atoms with Crippen LogP contribution in [-0.4, -0.2) is 120 Å². The third kappa shape index (κ3) is 12.1. The maximum absolute atomic E-state index is 13.7. The molecule has 1 unspecified atom stereocenters. The Morgan fingerprint density at radius 3 is 2.40 bits per heavy atom. The average molecular weight is 887 g/mol. The number of imide groups is 1. The Morgan fingerprint density at radius 2 is 1.62 bits per heavy atom. The van der Waals surface area contributed by atoms with Crippen LogP contribution in [0.1, 0.15) is 80.1 Å². The van der Waals surface area contributed by atoms with E-state index in [9.17, 15) is 23.6 Å². The minimum atomic E-state index is -0.645. The van der Waals surface area contributed by atoms with Crippen molar-refractivity contribution < 1.29 is 37.8 Å². The second kappa shape index (κ2) is 22.2. The van der Waals surface area contributed by atoms with Crippen molar-refractivity contribution in [3.8, 4) is 17.2 Å². The van der Waals surface area contributed by atoms with E-state index >= 15 is 0 Å². The topological polar surface area (TPSA) is 168 Å². The average Bonchev–Trinajstić information content (AvgIpc) is 3.62. The van der Waals surface area contributed by atoms with Gasteiger partial charge in [-0.25, -0.2) is 14.4 Å². The maximum atomic E-state index is 13.7. The summed E-state index contributed by atoms with van der Waals surface area (Å²) >= 11 is 5.98. The Balaban J connectivity index is 0.709. The molecule has 4 aromatic rings. The van der Waals surface area contributed by atoms with Crippen molar-refractivity contribution in [3.63, 3.8) is 0 Å². The number of carbonyl (C=O) groups is 4. The van der Waals surface area contributed by atoms with E-state index in [-0.39, 0.29) is 29.2 Å². The summed E-state index contributed by atoms with van der Waals surface area (Å²) in [5.41, 5.74) is 2.62. The number of carbonyl (C=O) groups excluding carboxylic acids is 4. The highest BCUT2D eigenvalue weighted by atomic mass is 35.5. The number of unbranched alkanes of at least 4 members (excludes halogenated alkanes) is 5. The molecule has 2 saturated heterocycles. The molecule has 0 saturated carbocycles. The van der Waals surface area contributed by atoms with Crippen LogP contribution in [-0.2, 0) is 20.9 Å². The van der Waals surface area contributed by atoms with Gasteiger partial charge in [0.25, 0.3) is 5.91 Å². The van der Waals surface area contributed by atoms with Gasteiger partial charge in [-0.1, -0.05) is 49.4 Å². The maximum Gasteiger partial charge on any atom is 0.258 e. The van der Waals surface area contributed by atoms with Crippen LogP contribution in [0.15, 0.2) is 54.9 Å². The summed E-state index contributed by atoms with van der Waals surface area (Å²) in [5, 5.41) is 9.36. The fourth-order valence-corrected chi connectivity index (χ4v) is 8.43. The number of nitrogens with zero attached hydrogens (tertiary/aromatic N) is 5. The predicted octanol–water partition coefficient (Wildman–Crippen LogP) is 6.25. The van der Waals surface area contributed by atoms with Crippen molar-refractivity contribution in [3.05, 3.63) is 76.8 Å². The summed E-state index contributed by atoms with van der Waals surface area (Å²) in [6, 6.07) is 13.0. The number of piperidine rings is 1. The fraction of sp³-hybridized carbons (Fsp3) is 0.478. The van der Waals surface area contributed by atoms with Crippen LogP contribution in [0.25, 0.3) is 10.9 Å². The number of piperazine rings is 1. The number of hydrogen-bond donors (Lipinski definition) is 3. The van der Waals surface area contributed by atoms with Gasteiger partial charge in [-0.2, -0.15) is 0 Å². The number of nitrogens with one attached hydrogen (secondary N) is 3. The van der Waals surface area contributed by atoms with Gasteiger partial charge in [-0.3, -0.25) is 24.5 Å². The third-order valence-corrected chi connectivity index (χ3v) is 12.1. The number of aromatic nitrogens is 2. The van der Waals surface area contributed by atoms with Crippen molar-refractivity contribution in [1.29, 1.82) is 0 Å². The first-order valence-electron chi connectivity index (χ1n) is 21.9. The quantitative estimate of drug-likeness (QED) is 0.0601. The molecule has 0 aliphatic carbocycles. The molecule has 1 aromatic heterocycles. The number of benzene rings is 3. The van der Waals surface area contributed by atoms with Crippen LogP contribution in [0.2, 0.25) is 5.02 Å². The lowest BCUT2D eigenvalue weighted by atomic mass is 10.0. The summed E-state index contributed by atoms with van der Waals surface area (Å²) < 4.78 is 31.5. The lowest BCUT2D eigenvalue weighted by molar-refractivity contribution is -0.137. The molecule has 4 amide bonds. The molecule has 15 nitrogen and oxygen atoms in total. The van der Waals surface area contributed by atoms with Gasteiger partial charge in [0.2, 0.25) is 17.7 Å². The van der Waals surface area contributed by atoms with E-state index < -0.39 is 17.8 Å². The largest absolute Gasteiger partial charge is 0.493 e. The third-order valence-electron chi connectivity index (χ3n) is 11.8. The van der Waals surface area contributed by atoms with Crippen LogP contribution in [0.3, 0.4) is 0 Å². The number of halogens is 2. The second-order valence-electron chi connectivity index (χ2n) is 16.1. The first kappa shape index (κ1) is 45.4. The first-order chi connectivity index (χ1) is 30.7. The minimum absolute atomic E-state index is 0.0141. The van der Waals surface area contributed by atoms with Crippen LogP contribution >= 0.6 is 11.6 Å². The Labute approximate surface area is 372 Å². The number of rotatable bonds is 22. The van der Waals surface area contributed by atoms with Crippen molar-refractivity contribution in [2.45, 2.75) is 76.8 Å². The SMILES string of the molecule is COc1cc2ncnc(Nc3ccc(F)c(Cl)c3)c2cc1OCCCN1CCN(CCC(=O)NCCCCCCCCOc2cccc3c2C(=O)N(C2CCC(=O)NC2=O)C3)CC1. The van der Waals surface area contributed by atoms with Crippen LogP contribution in [0, 0.1) is 5.82 Å². The highest BCUT2D eigenvalue weighted by Crippen LogP contribution is 2.36. The highest BCUT2D eigenvalue weighted by Gasteiger charge is 2.40. The molecule has 7 rings (SSSR count). The van der Waals surface area contributed by atoms with Crippen LogP contribution < -0.4 is 30.2 Å². The number of fused-ring (bicyclic) bond motifs is 2. The summed E-state index contributed by atoms with van der Waals surface area (Å²) in [6.07, 6.45) is 9.33. The molecule has 63 heavy (non-hydrogen) atoms. The highest BCUT2D eigenvalue weighted by molar-refractivity contribution is 6.31. The number of hydrogen-bond acceptors (Lipinski definition) is 12. The monoisotopic (exact) mass is 886 g/mol. The Kier molecular flexibility index (Phi) is 16.0. The molecule has 3 aromatic carbocycles. The number of ether oxygens (including phenoxy) is 3. The Bertz CT molecular complexity index is 2260. The Hall–Kier alpha value is -5.58. The molecule has 0 spiro atoms. The van der Waals surface area contributed by atoms with E-state index in [0.717, 1.165) is 95.2 Å². The first-order valence-corrected chi connectivity index (χ1v) is 22.3. The molecule has 17 heteroatoms.